The second-order valence-electron chi connectivity index (χ2n) is 7.14. The van der Waals surface area contributed by atoms with Crippen molar-refractivity contribution >= 4 is 11.8 Å². The first-order chi connectivity index (χ1) is 11.7. The van der Waals surface area contributed by atoms with Crippen LogP contribution in [0.1, 0.15) is 40.0 Å². The third kappa shape index (κ3) is 6.76. The summed E-state index contributed by atoms with van der Waals surface area (Å²) in [7, 11) is 0. The molecule has 5 nitrogen and oxygen atoms in total. The lowest BCUT2D eigenvalue weighted by Crippen LogP contribution is -2.37. The van der Waals surface area contributed by atoms with E-state index >= 15 is 0 Å². The van der Waals surface area contributed by atoms with E-state index in [1.807, 2.05) is 20.8 Å². The number of likely N-dealkylation sites (tertiary alicyclic amines) is 1. The molecule has 0 saturated carbocycles. The predicted molar refractivity (Wildman–Crippen MR) is 92.1 cm³/mol. The number of carbonyl (C=O) groups excluding carboxylic acids is 1. The van der Waals surface area contributed by atoms with Gasteiger partial charge in [0.25, 0.3) is 0 Å². The summed E-state index contributed by atoms with van der Waals surface area (Å²) in [6.45, 7) is 4.05. The van der Waals surface area contributed by atoms with Crippen LogP contribution in [0, 0.1) is 0 Å². The SMILES string of the molecule is CC(C)(C)OC(=O)N1CCCC(Nc2ccc(OC(F)F)cc2)CC1. The number of benzene rings is 1. The second-order valence-corrected chi connectivity index (χ2v) is 7.14. The van der Waals surface area contributed by atoms with Gasteiger partial charge in [0.1, 0.15) is 11.4 Å². The first-order valence-corrected chi connectivity index (χ1v) is 8.52. The Balaban J connectivity index is 1.85. The molecule has 1 N–H and O–H groups in total. The number of rotatable bonds is 4. The summed E-state index contributed by atoms with van der Waals surface area (Å²) in [5.41, 5.74) is 0.348. The minimum absolute atomic E-state index is 0.137. The van der Waals surface area contributed by atoms with Gasteiger partial charge in [-0.15, -0.1) is 0 Å². The van der Waals surface area contributed by atoms with Gasteiger partial charge in [-0.3, -0.25) is 0 Å². The molecule has 7 heteroatoms. The van der Waals surface area contributed by atoms with E-state index in [0.717, 1.165) is 24.9 Å². The Hall–Kier alpha value is -2.05. The fourth-order valence-electron chi connectivity index (χ4n) is 2.72. The molecule has 2 rings (SSSR count). The minimum atomic E-state index is -2.82. The standard InChI is InChI=1S/C18H26F2N2O3/c1-18(2,3)25-17(23)22-11-4-5-13(10-12-22)21-14-6-8-15(9-7-14)24-16(19)20/h6-9,13,16,21H,4-5,10-12H2,1-3H3. The van der Waals surface area contributed by atoms with Crippen molar-refractivity contribution < 1.29 is 23.0 Å². The van der Waals surface area contributed by atoms with E-state index in [9.17, 15) is 13.6 Å². The summed E-state index contributed by atoms with van der Waals surface area (Å²) in [6.07, 6.45) is 2.33. The van der Waals surface area contributed by atoms with E-state index in [4.69, 9.17) is 4.74 Å². The number of ether oxygens (including phenoxy) is 2. The molecule has 1 aliphatic rings. The van der Waals surface area contributed by atoms with Gasteiger partial charge in [0.2, 0.25) is 0 Å². The molecule has 1 fully saturated rings. The Morgan fingerprint density at radius 3 is 2.48 bits per heavy atom. The van der Waals surface area contributed by atoms with Crippen LogP contribution in [0.4, 0.5) is 19.3 Å². The van der Waals surface area contributed by atoms with Crippen molar-refractivity contribution in [1.82, 2.24) is 4.90 Å². The van der Waals surface area contributed by atoms with Crippen molar-refractivity contribution in [3.8, 4) is 5.75 Å². The lowest BCUT2D eigenvalue weighted by atomic mass is 10.1. The van der Waals surface area contributed by atoms with Crippen molar-refractivity contribution in [2.24, 2.45) is 0 Å². The summed E-state index contributed by atoms with van der Waals surface area (Å²) in [5, 5.41) is 3.39. The lowest BCUT2D eigenvalue weighted by molar-refractivity contribution is -0.0498. The zero-order chi connectivity index (χ0) is 18.4. The van der Waals surface area contributed by atoms with E-state index in [1.54, 1.807) is 17.0 Å². The van der Waals surface area contributed by atoms with Crippen LogP contribution < -0.4 is 10.1 Å². The zero-order valence-electron chi connectivity index (χ0n) is 14.9. The number of alkyl halides is 2. The van der Waals surface area contributed by atoms with Gasteiger partial charge in [-0.1, -0.05) is 0 Å². The Morgan fingerprint density at radius 1 is 1.20 bits per heavy atom. The number of hydrogen-bond donors (Lipinski definition) is 1. The number of nitrogens with zero attached hydrogens (tertiary/aromatic N) is 1. The Morgan fingerprint density at radius 2 is 1.88 bits per heavy atom. The van der Waals surface area contributed by atoms with Gasteiger partial charge in [-0.25, -0.2) is 4.79 Å². The topological polar surface area (TPSA) is 50.8 Å². The molecule has 0 spiro atoms. The smallest absolute Gasteiger partial charge is 0.410 e. The molecule has 1 aromatic rings. The fourth-order valence-corrected chi connectivity index (χ4v) is 2.72. The van der Waals surface area contributed by atoms with Crippen molar-refractivity contribution in [1.29, 1.82) is 0 Å². The molecule has 0 aliphatic carbocycles. The average Bonchev–Trinajstić information content (AvgIpc) is 2.73. The maximum atomic E-state index is 12.2. The quantitative estimate of drug-likeness (QED) is 0.864. The second kappa shape index (κ2) is 8.36. The van der Waals surface area contributed by atoms with Crippen molar-refractivity contribution in [3.05, 3.63) is 24.3 Å². The van der Waals surface area contributed by atoms with E-state index in [-0.39, 0.29) is 17.9 Å². The van der Waals surface area contributed by atoms with Gasteiger partial charge in [0, 0.05) is 24.8 Å². The molecule has 0 radical (unpaired) electrons. The minimum Gasteiger partial charge on any atom is -0.444 e. The average molecular weight is 356 g/mol. The predicted octanol–water partition coefficient (Wildman–Crippen LogP) is 4.49. The van der Waals surface area contributed by atoms with Crippen molar-refractivity contribution in [3.63, 3.8) is 0 Å². The number of hydrogen-bond acceptors (Lipinski definition) is 4. The largest absolute Gasteiger partial charge is 0.444 e. The van der Waals surface area contributed by atoms with Crippen LogP contribution in [-0.4, -0.2) is 42.3 Å². The maximum Gasteiger partial charge on any atom is 0.410 e. The third-order valence-corrected chi connectivity index (χ3v) is 3.83. The molecular formula is C18H26F2N2O3. The van der Waals surface area contributed by atoms with Crippen molar-refractivity contribution in [2.75, 3.05) is 18.4 Å². The fraction of sp³-hybridized carbons (Fsp3) is 0.611. The lowest BCUT2D eigenvalue weighted by Gasteiger charge is -2.26. The summed E-state index contributed by atoms with van der Waals surface area (Å²) in [6, 6.07) is 6.67. The molecule has 0 bridgehead atoms. The Labute approximate surface area is 147 Å². The summed E-state index contributed by atoms with van der Waals surface area (Å²) in [5.74, 6) is 0.137. The highest BCUT2D eigenvalue weighted by Gasteiger charge is 2.25. The van der Waals surface area contributed by atoms with Crippen LogP contribution in [0.15, 0.2) is 24.3 Å². The molecule has 1 heterocycles. The Bertz CT molecular complexity index is 558. The normalized spacial score (nSPS) is 18.6. The van der Waals surface area contributed by atoms with Gasteiger partial charge < -0.3 is 19.7 Å². The molecule has 1 aromatic carbocycles. The van der Waals surface area contributed by atoms with Gasteiger partial charge in [-0.05, 0) is 64.3 Å². The Kier molecular flexibility index (Phi) is 6.45. The van der Waals surface area contributed by atoms with Crippen LogP contribution >= 0.6 is 0 Å². The zero-order valence-corrected chi connectivity index (χ0v) is 14.9. The summed E-state index contributed by atoms with van der Waals surface area (Å²) < 4.78 is 34.1. The number of anilines is 1. The highest BCUT2D eigenvalue weighted by Crippen LogP contribution is 2.21. The number of halogens is 2. The monoisotopic (exact) mass is 356 g/mol. The van der Waals surface area contributed by atoms with Crippen LogP contribution in [0.25, 0.3) is 0 Å². The molecule has 1 aliphatic heterocycles. The molecular weight excluding hydrogens is 330 g/mol. The molecule has 1 atom stereocenters. The van der Waals surface area contributed by atoms with Gasteiger partial charge >= 0.3 is 12.7 Å². The molecule has 1 saturated heterocycles. The van der Waals surface area contributed by atoms with Gasteiger partial charge in [0.05, 0.1) is 0 Å². The van der Waals surface area contributed by atoms with E-state index in [0.29, 0.717) is 13.1 Å². The molecule has 1 amide bonds. The first-order valence-electron chi connectivity index (χ1n) is 8.52. The summed E-state index contributed by atoms with van der Waals surface area (Å²) >= 11 is 0. The molecule has 140 valence electrons. The molecule has 25 heavy (non-hydrogen) atoms. The number of carbonyl (C=O) groups is 1. The maximum absolute atomic E-state index is 12.2. The van der Waals surface area contributed by atoms with Crippen molar-refractivity contribution in [2.45, 2.75) is 58.3 Å². The van der Waals surface area contributed by atoms with E-state index in [2.05, 4.69) is 10.1 Å². The first kappa shape index (κ1) is 19.3. The van der Waals surface area contributed by atoms with Gasteiger partial charge in [-0.2, -0.15) is 8.78 Å². The van der Waals surface area contributed by atoms with Crippen LogP contribution in [0.5, 0.6) is 5.75 Å². The van der Waals surface area contributed by atoms with Crippen LogP contribution in [0.3, 0.4) is 0 Å². The highest BCUT2D eigenvalue weighted by atomic mass is 19.3. The molecule has 1 unspecified atom stereocenters. The van der Waals surface area contributed by atoms with Crippen LogP contribution in [0.2, 0.25) is 0 Å². The van der Waals surface area contributed by atoms with E-state index in [1.165, 1.54) is 12.1 Å². The van der Waals surface area contributed by atoms with E-state index < -0.39 is 12.2 Å². The third-order valence-electron chi connectivity index (χ3n) is 3.83. The summed E-state index contributed by atoms with van der Waals surface area (Å²) in [4.78, 5) is 13.9. The number of nitrogens with one attached hydrogen (secondary N) is 1. The number of amides is 1. The highest BCUT2D eigenvalue weighted by molar-refractivity contribution is 5.68. The van der Waals surface area contributed by atoms with Gasteiger partial charge in [0.15, 0.2) is 0 Å². The molecule has 0 aromatic heterocycles. The van der Waals surface area contributed by atoms with Crippen LogP contribution in [-0.2, 0) is 4.74 Å².